The van der Waals surface area contributed by atoms with E-state index in [0.29, 0.717) is 12.3 Å². The third kappa shape index (κ3) is 3.27. The number of thioether (sulfide) groups is 1. The van der Waals surface area contributed by atoms with E-state index in [1.807, 2.05) is 16.7 Å². The zero-order valence-corrected chi connectivity index (χ0v) is 14.2. The molecule has 2 amide bonds. The van der Waals surface area contributed by atoms with Gasteiger partial charge in [0.05, 0.1) is 5.88 Å². The fourth-order valence-corrected chi connectivity index (χ4v) is 5.07. The minimum Gasteiger partial charge on any atom is -0.341 e. The van der Waals surface area contributed by atoms with Crippen LogP contribution in [0.3, 0.4) is 0 Å². The van der Waals surface area contributed by atoms with Gasteiger partial charge in [-0.05, 0) is 44.2 Å². The van der Waals surface area contributed by atoms with E-state index in [0.717, 1.165) is 63.0 Å². The highest BCUT2D eigenvalue weighted by Gasteiger charge is 2.38. The summed E-state index contributed by atoms with van der Waals surface area (Å²) in [6.45, 7) is 5.94. The molecule has 5 nitrogen and oxygen atoms in total. The van der Waals surface area contributed by atoms with Crippen molar-refractivity contribution in [2.45, 2.75) is 38.6 Å². The quantitative estimate of drug-likeness (QED) is 0.846. The van der Waals surface area contributed by atoms with E-state index >= 15 is 0 Å². The first-order valence-corrected chi connectivity index (χ1v) is 9.73. The average Bonchev–Trinajstić information content (AvgIpc) is 3.13. The van der Waals surface area contributed by atoms with Gasteiger partial charge in [-0.15, -0.1) is 11.8 Å². The first-order chi connectivity index (χ1) is 10.7. The summed E-state index contributed by atoms with van der Waals surface area (Å²) in [4.78, 5) is 28.9. The van der Waals surface area contributed by atoms with Crippen LogP contribution < -0.4 is 5.32 Å². The lowest BCUT2D eigenvalue weighted by atomic mass is 9.92. The molecule has 3 aliphatic rings. The fraction of sp³-hybridized carbons (Fsp3) is 0.875. The molecule has 0 aromatic heterocycles. The van der Waals surface area contributed by atoms with Crippen LogP contribution in [-0.2, 0) is 9.59 Å². The first-order valence-electron chi connectivity index (χ1n) is 8.57. The van der Waals surface area contributed by atoms with Gasteiger partial charge in [-0.25, -0.2) is 0 Å². The molecule has 0 radical (unpaired) electrons. The standard InChI is InChI=1S/C16H27N3O2S/c1-2-3-15(20)19-11-22-10-14(19)16(21)18-6-4-12-8-17-9-13(12)5-7-18/h12-14,17H,2-11H2,1H3/t12-,13+,14?. The zero-order chi connectivity index (χ0) is 15.5. The van der Waals surface area contributed by atoms with Crippen LogP contribution in [0.25, 0.3) is 0 Å². The number of nitrogens with one attached hydrogen (secondary N) is 1. The normalized spacial score (nSPS) is 32.0. The SMILES string of the molecule is CCCC(=O)N1CSCC1C(=O)N1CC[C@@H]2CNC[C@@H]2CC1. The van der Waals surface area contributed by atoms with Gasteiger partial charge in [0.1, 0.15) is 6.04 Å². The second-order valence-corrected chi connectivity index (χ2v) is 7.71. The van der Waals surface area contributed by atoms with Crippen molar-refractivity contribution in [2.24, 2.45) is 11.8 Å². The molecule has 0 aromatic rings. The smallest absolute Gasteiger partial charge is 0.246 e. The van der Waals surface area contributed by atoms with Crippen LogP contribution in [0, 0.1) is 11.8 Å². The van der Waals surface area contributed by atoms with Gasteiger partial charge in [0.2, 0.25) is 11.8 Å². The molecule has 3 rings (SSSR count). The van der Waals surface area contributed by atoms with Gasteiger partial charge < -0.3 is 15.1 Å². The molecule has 1 unspecified atom stereocenters. The Morgan fingerprint density at radius 2 is 1.86 bits per heavy atom. The molecule has 3 aliphatic heterocycles. The van der Waals surface area contributed by atoms with E-state index in [-0.39, 0.29) is 17.9 Å². The summed E-state index contributed by atoms with van der Waals surface area (Å²) < 4.78 is 0. The van der Waals surface area contributed by atoms with Crippen LogP contribution in [0.2, 0.25) is 0 Å². The summed E-state index contributed by atoms with van der Waals surface area (Å²) >= 11 is 1.71. The summed E-state index contributed by atoms with van der Waals surface area (Å²) in [5.41, 5.74) is 0. The second kappa shape index (κ2) is 7.21. The Bertz CT molecular complexity index is 418. The monoisotopic (exact) mass is 325 g/mol. The topological polar surface area (TPSA) is 52.7 Å². The second-order valence-electron chi connectivity index (χ2n) is 6.71. The molecular weight excluding hydrogens is 298 g/mol. The Morgan fingerprint density at radius 1 is 1.18 bits per heavy atom. The van der Waals surface area contributed by atoms with E-state index in [2.05, 4.69) is 5.32 Å². The van der Waals surface area contributed by atoms with Gasteiger partial charge in [-0.2, -0.15) is 0 Å². The molecule has 22 heavy (non-hydrogen) atoms. The predicted molar refractivity (Wildman–Crippen MR) is 88.5 cm³/mol. The predicted octanol–water partition coefficient (Wildman–Crippen LogP) is 1.15. The van der Waals surface area contributed by atoms with Crippen LogP contribution in [0.4, 0.5) is 0 Å². The van der Waals surface area contributed by atoms with Crippen molar-refractivity contribution in [3.8, 4) is 0 Å². The zero-order valence-electron chi connectivity index (χ0n) is 13.4. The molecule has 0 spiro atoms. The number of fused-ring (bicyclic) bond motifs is 1. The van der Waals surface area contributed by atoms with Gasteiger partial charge in [0.15, 0.2) is 0 Å². The molecule has 124 valence electrons. The summed E-state index contributed by atoms with van der Waals surface area (Å²) in [6.07, 6.45) is 3.61. The number of amides is 2. The largest absolute Gasteiger partial charge is 0.341 e. The van der Waals surface area contributed by atoms with Crippen molar-refractivity contribution in [3.05, 3.63) is 0 Å². The molecule has 0 aromatic carbocycles. The lowest BCUT2D eigenvalue weighted by Crippen LogP contribution is -2.49. The van der Waals surface area contributed by atoms with E-state index in [1.165, 1.54) is 0 Å². The number of hydrogen-bond acceptors (Lipinski definition) is 4. The van der Waals surface area contributed by atoms with Crippen molar-refractivity contribution in [1.29, 1.82) is 0 Å². The van der Waals surface area contributed by atoms with Gasteiger partial charge in [0.25, 0.3) is 0 Å². The summed E-state index contributed by atoms with van der Waals surface area (Å²) in [5, 5.41) is 3.47. The molecule has 3 saturated heterocycles. The Morgan fingerprint density at radius 3 is 2.50 bits per heavy atom. The maximum Gasteiger partial charge on any atom is 0.246 e. The van der Waals surface area contributed by atoms with Crippen LogP contribution in [0.15, 0.2) is 0 Å². The highest BCUT2D eigenvalue weighted by Crippen LogP contribution is 2.29. The summed E-state index contributed by atoms with van der Waals surface area (Å²) in [5.74, 6) is 3.23. The molecule has 0 aliphatic carbocycles. The molecule has 1 N–H and O–H groups in total. The van der Waals surface area contributed by atoms with Crippen molar-refractivity contribution in [1.82, 2.24) is 15.1 Å². The first kappa shape index (κ1) is 16.1. The Kier molecular flexibility index (Phi) is 5.29. The lowest BCUT2D eigenvalue weighted by molar-refractivity contribution is -0.143. The molecule has 6 heteroatoms. The molecule has 0 saturated carbocycles. The summed E-state index contributed by atoms with van der Waals surface area (Å²) in [7, 11) is 0. The van der Waals surface area contributed by atoms with Crippen molar-refractivity contribution in [3.63, 3.8) is 0 Å². The van der Waals surface area contributed by atoms with Crippen molar-refractivity contribution < 1.29 is 9.59 Å². The van der Waals surface area contributed by atoms with Gasteiger partial charge in [-0.1, -0.05) is 6.92 Å². The molecule has 3 atom stereocenters. The maximum atomic E-state index is 12.9. The van der Waals surface area contributed by atoms with Crippen LogP contribution in [0.5, 0.6) is 0 Å². The summed E-state index contributed by atoms with van der Waals surface area (Å²) in [6, 6.07) is -0.222. The average molecular weight is 325 g/mol. The maximum absolute atomic E-state index is 12.9. The van der Waals surface area contributed by atoms with Crippen LogP contribution >= 0.6 is 11.8 Å². The molecular formula is C16H27N3O2S. The molecule has 3 fully saturated rings. The Labute approximate surface area is 137 Å². The number of carbonyl (C=O) groups excluding carboxylic acids is 2. The van der Waals surface area contributed by atoms with Crippen molar-refractivity contribution in [2.75, 3.05) is 37.8 Å². The van der Waals surface area contributed by atoms with E-state index in [1.54, 1.807) is 11.8 Å². The third-order valence-corrected chi connectivity index (χ3v) is 6.29. The Balaban J connectivity index is 1.61. The minimum absolute atomic E-state index is 0.141. The number of nitrogens with zero attached hydrogens (tertiary/aromatic N) is 2. The lowest BCUT2D eigenvalue weighted by Gasteiger charge is -2.29. The van der Waals surface area contributed by atoms with E-state index in [4.69, 9.17) is 0 Å². The highest BCUT2D eigenvalue weighted by molar-refractivity contribution is 7.99. The van der Waals surface area contributed by atoms with Crippen molar-refractivity contribution >= 4 is 23.6 Å². The molecule has 3 heterocycles. The number of likely N-dealkylation sites (tertiary alicyclic amines) is 1. The highest BCUT2D eigenvalue weighted by atomic mass is 32.2. The molecule has 0 bridgehead atoms. The number of carbonyl (C=O) groups is 2. The third-order valence-electron chi connectivity index (χ3n) is 5.28. The van der Waals surface area contributed by atoms with Gasteiger partial charge in [-0.3, -0.25) is 9.59 Å². The van der Waals surface area contributed by atoms with Gasteiger partial charge >= 0.3 is 0 Å². The number of hydrogen-bond donors (Lipinski definition) is 1. The van der Waals surface area contributed by atoms with E-state index < -0.39 is 0 Å². The van der Waals surface area contributed by atoms with Crippen LogP contribution in [-0.4, -0.2) is 65.5 Å². The number of rotatable bonds is 3. The van der Waals surface area contributed by atoms with Gasteiger partial charge in [0, 0.05) is 25.3 Å². The van der Waals surface area contributed by atoms with Crippen LogP contribution in [0.1, 0.15) is 32.6 Å². The Hall–Kier alpha value is -0.750. The fourth-order valence-electron chi connectivity index (χ4n) is 3.90. The van der Waals surface area contributed by atoms with E-state index in [9.17, 15) is 9.59 Å². The minimum atomic E-state index is -0.222.